The third-order valence-corrected chi connectivity index (χ3v) is 3.42. The van der Waals surface area contributed by atoms with Gasteiger partial charge < -0.3 is 9.64 Å². The number of carbonyl (C=O) groups excluding carboxylic acids is 1. The van der Waals surface area contributed by atoms with Crippen molar-refractivity contribution in [3.63, 3.8) is 0 Å². The highest BCUT2D eigenvalue weighted by atomic mass is 16.5. The molecule has 2 rings (SSSR count). The maximum absolute atomic E-state index is 12.4. The molecule has 0 radical (unpaired) electrons. The lowest BCUT2D eigenvalue weighted by Gasteiger charge is -2.33. The summed E-state index contributed by atoms with van der Waals surface area (Å²) in [5.41, 5.74) is 0.933. The Balaban J connectivity index is 2.01. The van der Waals surface area contributed by atoms with E-state index >= 15 is 0 Å². The normalized spacial score (nSPS) is 18.3. The molecule has 0 saturated carbocycles. The van der Waals surface area contributed by atoms with Crippen LogP contribution in [0.25, 0.3) is 0 Å². The van der Waals surface area contributed by atoms with Crippen LogP contribution >= 0.6 is 0 Å². The summed E-state index contributed by atoms with van der Waals surface area (Å²) in [6.45, 7) is 5.05. The first kappa shape index (κ1) is 13.1. The van der Waals surface area contributed by atoms with Crippen LogP contribution in [0, 0.1) is 0 Å². The van der Waals surface area contributed by atoms with Crippen molar-refractivity contribution in [1.82, 2.24) is 4.90 Å². The summed E-state index contributed by atoms with van der Waals surface area (Å²) in [5, 5.41) is 0. The fourth-order valence-electron chi connectivity index (χ4n) is 2.18. The average molecular weight is 248 g/mol. The molecule has 1 unspecified atom stereocenters. The topological polar surface area (TPSA) is 32.8 Å². The summed E-state index contributed by atoms with van der Waals surface area (Å²) in [7, 11) is 1.83. The van der Waals surface area contributed by atoms with Crippen LogP contribution in [-0.2, 0) is 9.53 Å². The molecule has 1 saturated heterocycles. The van der Waals surface area contributed by atoms with Gasteiger partial charge in [0.15, 0.2) is 0 Å². The fraction of sp³-hybridized carbons (Fsp3) is 0.500. The van der Waals surface area contributed by atoms with Crippen molar-refractivity contribution >= 4 is 11.6 Å². The summed E-state index contributed by atoms with van der Waals surface area (Å²) in [4.78, 5) is 16.3. The summed E-state index contributed by atoms with van der Waals surface area (Å²) in [6.07, 6.45) is 0. The molecule has 1 amide bonds. The summed E-state index contributed by atoms with van der Waals surface area (Å²) < 4.78 is 5.31. The first-order chi connectivity index (χ1) is 8.70. The Morgan fingerprint density at radius 2 is 1.89 bits per heavy atom. The Morgan fingerprint density at radius 3 is 2.50 bits per heavy atom. The molecule has 0 aromatic heterocycles. The number of morpholine rings is 1. The van der Waals surface area contributed by atoms with Gasteiger partial charge >= 0.3 is 0 Å². The van der Waals surface area contributed by atoms with E-state index in [-0.39, 0.29) is 11.9 Å². The summed E-state index contributed by atoms with van der Waals surface area (Å²) in [5.74, 6) is 0.128. The Hall–Kier alpha value is -1.39. The third kappa shape index (κ3) is 2.89. The van der Waals surface area contributed by atoms with Crippen LogP contribution in [0.15, 0.2) is 30.3 Å². The molecule has 1 atom stereocenters. The molecule has 1 fully saturated rings. The Kier molecular flexibility index (Phi) is 4.33. The van der Waals surface area contributed by atoms with Gasteiger partial charge in [-0.15, -0.1) is 0 Å². The lowest BCUT2D eigenvalue weighted by molar-refractivity contribution is -0.124. The van der Waals surface area contributed by atoms with Crippen LogP contribution in [0.2, 0.25) is 0 Å². The molecule has 1 aromatic rings. The van der Waals surface area contributed by atoms with E-state index < -0.39 is 0 Å². The highest BCUT2D eigenvalue weighted by Gasteiger charge is 2.25. The standard InChI is InChI=1S/C14H20N2O2/c1-12(16-8-10-18-11-9-16)14(17)15(2)13-6-4-3-5-7-13/h3-7,12H,8-11H2,1-2H3. The Labute approximate surface area is 108 Å². The van der Waals surface area contributed by atoms with E-state index in [4.69, 9.17) is 4.74 Å². The minimum atomic E-state index is -0.0980. The van der Waals surface area contributed by atoms with E-state index in [9.17, 15) is 4.79 Å². The number of carbonyl (C=O) groups is 1. The molecule has 4 nitrogen and oxygen atoms in total. The Bertz CT molecular complexity index is 388. The van der Waals surface area contributed by atoms with Gasteiger partial charge in [-0.1, -0.05) is 18.2 Å². The molecule has 0 spiro atoms. The van der Waals surface area contributed by atoms with Crippen molar-refractivity contribution in [3.8, 4) is 0 Å². The molecule has 1 heterocycles. The van der Waals surface area contributed by atoms with Gasteiger partial charge in [0.05, 0.1) is 19.3 Å². The van der Waals surface area contributed by atoms with E-state index in [0.717, 1.165) is 18.8 Å². The van der Waals surface area contributed by atoms with Gasteiger partial charge in [-0.2, -0.15) is 0 Å². The van der Waals surface area contributed by atoms with E-state index in [1.54, 1.807) is 4.90 Å². The first-order valence-electron chi connectivity index (χ1n) is 6.34. The number of amides is 1. The zero-order chi connectivity index (χ0) is 13.0. The van der Waals surface area contributed by atoms with E-state index in [1.165, 1.54) is 0 Å². The number of anilines is 1. The van der Waals surface area contributed by atoms with Crippen LogP contribution in [0.1, 0.15) is 6.92 Å². The van der Waals surface area contributed by atoms with Gasteiger partial charge in [0.1, 0.15) is 0 Å². The van der Waals surface area contributed by atoms with Gasteiger partial charge in [-0.3, -0.25) is 9.69 Å². The molecule has 1 aliphatic rings. The molecule has 0 N–H and O–H groups in total. The van der Waals surface area contributed by atoms with E-state index in [1.807, 2.05) is 44.3 Å². The SMILES string of the molecule is CC(C(=O)N(C)c1ccccc1)N1CCOCC1. The van der Waals surface area contributed by atoms with Gasteiger partial charge in [-0.05, 0) is 19.1 Å². The highest BCUT2D eigenvalue weighted by Crippen LogP contribution is 2.14. The first-order valence-corrected chi connectivity index (χ1v) is 6.34. The highest BCUT2D eigenvalue weighted by molar-refractivity contribution is 5.96. The fourth-order valence-corrected chi connectivity index (χ4v) is 2.18. The second kappa shape index (κ2) is 5.98. The Morgan fingerprint density at radius 1 is 1.28 bits per heavy atom. The average Bonchev–Trinajstić information content (AvgIpc) is 2.47. The molecule has 1 aromatic carbocycles. The number of hydrogen-bond acceptors (Lipinski definition) is 3. The smallest absolute Gasteiger partial charge is 0.243 e. The summed E-state index contributed by atoms with van der Waals surface area (Å²) in [6, 6.07) is 9.64. The number of ether oxygens (including phenoxy) is 1. The largest absolute Gasteiger partial charge is 0.379 e. The number of rotatable bonds is 3. The molecule has 0 bridgehead atoms. The second-order valence-corrected chi connectivity index (χ2v) is 4.56. The van der Waals surface area contributed by atoms with Gasteiger partial charge in [0, 0.05) is 25.8 Å². The monoisotopic (exact) mass is 248 g/mol. The molecule has 0 aliphatic carbocycles. The third-order valence-electron chi connectivity index (χ3n) is 3.42. The number of para-hydroxylation sites is 1. The van der Waals surface area contributed by atoms with Crippen LogP contribution in [0.4, 0.5) is 5.69 Å². The minimum absolute atomic E-state index is 0.0980. The van der Waals surface area contributed by atoms with Crippen molar-refractivity contribution < 1.29 is 9.53 Å². The molecule has 4 heteroatoms. The van der Waals surface area contributed by atoms with Crippen molar-refractivity contribution in [1.29, 1.82) is 0 Å². The summed E-state index contributed by atoms with van der Waals surface area (Å²) >= 11 is 0. The van der Waals surface area contributed by atoms with Gasteiger partial charge in [0.25, 0.3) is 0 Å². The van der Waals surface area contributed by atoms with Crippen molar-refractivity contribution in [3.05, 3.63) is 30.3 Å². The number of nitrogens with zero attached hydrogens (tertiary/aromatic N) is 2. The maximum atomic E-state index is 12.4. The van der Waals surface area contributed by atoms with E-state index in [2.05, 4.69) is 4.90 Å². The van der Waals surface area contributed by atoms with Crippen LogP contribution < -0.4 is 4.90 Å². The molecule has 98 valence electrons. The molecular weight excluding hydrogens is 228 g/mol. The predicted octanol–water partition coefficient (Wildman–Crippen LogP) is 1.37. The van der Waals surface area contributed by atoms with Crippen molar-refractivity contribution in [2.45, 2.75) is 13.0 Å². The van der Waals surface area contributed by atoms with Crippen molar-refractivity contribution in [2.75, 3.05) is 38.3 Å². The predicted molar refractivity (Wildman–Crippen MR) is 71.7 cm³/mol. The lowest BCUT2D eigenvalue weighted by atomic mass is 10.2. The lowest BCUT2D eigenvalue weighted by Crippen LogP contribution is -2.50. The number of benzene rings is 1. The van der Waals surface area contributed by atoms with E-state index in [0.29, 0.717) is 13.2 Å². The number of hydrogen-bond donors (Lipinski definition) is 0. The zero-order valence-corrected chi connectivity index (χ0v) is 11.0. The van der Waals surface area contributed by atoms with Gasteiger partial charge in [-0.25, -0.2) is 0 Å². The minimum Gasteiger partial charge on any atom is -0.379 e. The molecular formula is C14H20N2O2. The molecule has 1 aliphatic heterocycles. The van der Waals surface area contributed by atoms with Crippen LogP contribution in [0.5, 0.6) is 0 Å². The van der Waals surface area contributed by atoms with Crippen LogP contribution in [-0.4, -0.2) is 50.2 Å². The quantitative estimate of drug-likeness (QED) is 0.810. The molecule has 18 heavy (non-hydrogen) atoms. The number of likely N-dealkylation sites (N-methyl/N-ethyl adjacent to an activating group) is 1. The zero-order valence-electron chi connectivity index (χ0n) is 11.0. The van der Waals surface area contributed by atoms with Crippen molar-refractivity contribution in [2.24, 2.45) is 0 Å². The van der Waals surface area contributed by atoms with Gasteiger partial charge in [0.2, 0.25) is 5.91 Å². The maximum Gasteiger partial charge on any atom is 0.243 e. The van der Waals surface area contributed by atoms with Crippen LogP contribution in [0.3, 0.4) is 0 Å². The second-order valence-electron chi connectivity index (χ2n) is 4.56.